The minimum Gasteiger partial charge on any atom is -0.311 e. The predicted octanol–water partition coefficient (Wildman–Crippen LogP) is 16.9. The molecule has 0 radical (unpaired) electrons. The molecule has 0 amide bonds. The Balaban J connectivity index is 0.944. The van der Waals surface area contributed by atoms with Crippen molar-refractivity contribution in [1.29, 1.82) is 5.26 Å². The van der Waals surface area contributed by atoms with Gasteiger partial charge in [-0.1, -0.05) is 121 Å². The van der Waals surface area contributed by atoms with Crippen molar-refractivity contribution in [3.05, 3.63) is 260 Å². The summed E-state index contributed by atoms with van der Waals surface area (Å²) in [6.45, 7) is 8.46. The van der Waals surface area contributed by atoms with Gasteiger partial charge in [-0.15, -0.1) is 0 Å². The third-order valence-electron chi connectivity index (χ3n) is 12.9. The van der Waals surface area contributed by atoms with Crippen LogP contribution in [0.5, 0.6) is 0 Å². The minimum atomic E-state index is 0.472. The van der Waals surface area contributed by atoms with Gasteiger partial charge in [-0.3, -0.25) is 0 Å². The van der Waals surface area contributed by atoms with Crippen LogP contribution < -0.4 is 9.80 Å². The van der Waals surface area contributed by atoms with Crippen molar-refractivity contribution in [2.45, 2.75) is 0 Å². The van der Waals surface area contributed by atoms with Crippen molar-refractivity contribution in [3.63, 3.8) is 0 Å². The van der Waals surface area contributed by atoms with E-state index in [9.17, 15) is 5.26 Å². The number of nitriles is 1. The van der Waals surface area contributed by atoms with Gasteiger partial charge in [0.25, 0.3) is 0 Å². The average Bonchev–Trinajstić information content (AvgIpc) is 3.92. The van der Waals surface area contributed by atoms with Crippen LogP contribution in [-0.2, 0) is 0 Å². The number of fused-ring (bicyclic) bond motifs is 6. The number of hydrogen-bond acceptors (Lipinski definition) is 3. The van der Waals surface area contributed by atoms with Gasteiger partial charge in [0.15, 0.2) is 5.69 Å². The van der Waals surface area contributed by atoms with Crippen molar-refractivity contribution in [3.8, 4) is 28.6 Å². The summed E-state index contributed by atoms with van der Waals surface area (Å²) in [5.74, 6) is 0. The van der Waals surface area contributed by atoms with Gasteiger partial charge in [0.2, 0.25) is 0 Å². The zero-order chi connectivity index (χ0) is 45.6. The van der Waals surface area contributed by atoms with Crippen LogP contribution in [0.1, 0.15) is 5.56 Å². The minimum absolute atomic E-state index is 0.472. The second kappa shape index (κ2) is 16.7. The summed E-state index contributed by atoms with van der Waals surface area (Å²) in [6.07, 6.45) is 0. The van der Waals surface area contributed by atoms with E-state index in [-0.39, 0.29) is 0 Å². The smallest absolute Gasteiger partial charge is 0.197 e. The molecule has 0 aliphatic carbocycles. The van der Waals surface area contributed by atoms with E-state index in [1.54, 1.807) is 0 Å². The zero-order valence-corrected chi connectivity index (χ0v) is 36.8. The normalized spacial score (nSPS) is 11.2. The van der Waals surface area contributed by atoms with Crippen LogP contribution in [0.3, 0.4) is 0 Å². The van der Waals surface area contributed by atoms with Crippen LogP contribution in [0.4, 0.5) is 39.8 Å². The number of para-hydroxylation sites is 6. The highest BCUT2D eigenvalue weighted by molar-refractivity contribution is 6.12. The fraction of sp³-hybridized carbons (Fsp3) is 0. The van der Waals surface area contributed by atoms with E-state index in [4.69, 9.17) is 6.57 Å². The first-order chi connectivity index (χ1) is 33.7. The maximum absolute atomic E-state index is 10.8. The maximum Gasteiger partial charge on any atom is 0.197 e. The fourth-order valence-electron chi connectivity index (χ4n) is 9.94. The topological polar surface area (TPSA) is 44.5 Å². The monoisotopic (exact) mass is 868 g/mol. The van der Waals surface area contributed by atoms with Gasteiger partial charge in [-0.05, 0) is 132 Å². The highest BCUT2D eigenvalue weighted by atomic mass is 15.1. The van der Waals surface area contributed by atoms with Gasteiger partial charge in [0.1, 0.15) is 0 Å². The van der Waals surface area contributed by atoms with Crippen LogP contribution >= 0.6 is 0 Å². The molecule has 10 aromatic carbocycles. The Morgan fingerprint density at radius 3 is 1.16 bits per heavy atom. The molecule has 6 nitrogen and oxygen atoms in total. The second-order valence-corrected chi connectivity index (χ2v) is 16.8. The molecular weight excluding hydrogens is 829 g/mol. The van der Waals surface area contributed by atoms with Crippen molar-refractivity contribution < 1.29 is 0 Å². The lowest BCUT2D eigenvalue weighted by Crippen LogP contribution is -2.09. The van der Waals surface area contributed by atoms with Crippen molar-refractivity contribution in [1.82, 2.24) is 9.13 Å². The molecule has 318 valence electrons. The van der Waals surface area contributed by atoms with Gasteiger partial charge in [0, 0.05) is 67.0 Å². The molecule has 0 bridgehead atoms. The van der Waals surface area contributed by atoms with Crippen molar-refractivity contribution >= 4 is 83.4 Å². The van der Waals surface area contributed by atoms with Crippen LogP contribution in [0, 0.1) is 17.9 Å². The van der Waals surface area contributed by atoms with Gasteiger partial charge in [0.05, 0.1) is 40.3 Å². The zero-order valence-electron chi connectivity index (χ0n) is 36.8. The summed E-state index contributed by atoms with van der Waals surface area (Å²) in [5.41, 5.74) is 14.7. The third kappa shape index (κ3) is 6.72. The lowest BCUT2D eigenvalue weighted by Gasteiger charge is -2.25. The molecule has 12 rings (SSSR count). The quantitative estimate of drug-likeness (QED) is 0.136. The molecule has 12 aromatic rings. The van der Waals surface area contributed by atoms with Gasteiger partial charge in [-0.25, -0.2) is 4.85 Å². The van der Waals surface area contributed by atoms with E-state index >= 15 is 0 Å². The Labute approximate surface area is 394 Å². The number of anilines is 6. The number of benzene rings is 10. The molecular formula is C62H40N6. The molecule has 0 saturated carbocycles. The van der Waals surface area contributed by atoms with E-state index < -0.39 is 0 Å². The maximum atomic E-state index is 10.8. The van der Waals surface area contributed by atoms with Crippen LogP contribution in [0.25, 0.3) is 71.0 Å². The van der Waals surface area contributed by atoms with Crippen LogP contribution in [0.2, 0.25) is 0 Å². The summed E-state index contributed by atoms with van der Waals surface area (Å²) in [4.78, 5) is 8.64. The molecule has 0 aliphatic rings. The Bertz CT molecular complexity index is 3600. The number of aromatic nitrogens is 2. The first-order valence-corrected chi connectivity index (χ1v) is 22.6. The molecule has 0 unspecified atom stereocenters. The summed E-state index contributed by atoms with van der Waals surface area (Å²) in [7, 11) is 0. The molecule has 2 heterocycles. The van der Waals surface area contributed by atoms with Gasteiger partial charge >= 0.3 is 0 Å². The van der Waals surface area contributed by atoms with E-state index in [0.717, 1.165) is 89.1 Å². The third-order valence-corrected chi connectivity index (χ3v) is 12.9. The first kappa shape index (κ1) is 39.9. The summed E-state index contributed by atoms with van der Waals surface area (Å²) < 4.78 is 4.48. The molecule has 6 heteroatoms. The summed E-state index contributed by atoms with van der Waals surface area (Å²) in [5, 5.41) is 15.3. The molecule has 68 heavy (non-hydrogen) atoms. The molecule has 0 fully saturated rings. The highest BCUT2D eigenvalue weighted by Crippen LogP contribution is 2.43. The number of nitrogens with zero attached hydrogens (tertiary/aromatic N) is 6. The molecule has 0 aliphatic heterocycles. The Morgan fingerprint density at radius 1 is 0.353 bits per heavy atom. The largest absolute Gasteiger partial charge is 0.311 e. The van der Waals surface area contributed by atoms with Crippen molar-refractivity contribution in [2.24, 2.45) is 0 Å². The van der Waals surface area contributed by atoms with E-state index in [1.165, 1.54) is 0 Å². The Morgan fingerprint density at radius 2 is 0.735 bits per heavy atom. The molecule has 0 saturated heterocycles. The van der Waals surface area contributed by atoms with E-state index in [1.807, 2.05) is 48.5 Å². The summed E-state index contributed by atoms with van der Waals surface area (Å²) >= 11 is 0. The first-order valence-electron chi connectivity index (χ1n) is 22.6. The summed E-state index contributed by atoms with van der Waals surface area (Å²) in [6, 6.07) is 86.3. The standard InChI is InChI=1S/C62H40N6/c1-64-58-41-51(68-60-29-17-15-27-55(60)57-40-50(33-37-62(57)68)66(46-22-10-4-11-23-46)47-24-12-5-13-25-47)31-35-53(58)52-34-30-48(38-43(52)42-63)67-59-28-16-14-26-54(59)56-39-49(32-36-61(56)67)65(44-18-6-2-7-19-44)45-20-8-3-9-21-45/h2-41H. The lowest BCUT2D eigenvalue weighted by atomic mass is 9.97. The molecule has 0 spiro atoms. The second-order valence-electron chi connectivity index (χ2n) is 16.8. The average molecular weight is 869 g/mol. The molecule has 2 aromatic heterocycles. The van der Waals surface area contributed by atoms with Gasteiger partial charge in [-0.2, -0.15) is 5.26 Å². The molecule has 0 atom stereocenters. The van der Waals surface area contributed by atoms with E-state index in [0.29, 0.717) is 22.4 Å². The lowest BCUT2D eigenvalue weighted by molar-refractivity contribution is 1.17. The van der Waals surface area contributed by atoms with Crippen molar-refractivity contribution in [2.75, 3.05) is 9.80 Å². The number of rotatable bonds is 9. The SMILES string of the molecule is [C-]#[N+]c1cc(-n2c3ccccc3c3cc(N(c4ccccc4)c4ccccc4)ccc32)ccc1-c1ccc(-n2c3ccccc3c3cc(N(c4ccccc4)c4ccccc4)ccc32)cc1C#N. The Hall–Kier alpha value is -9.62. The van der Waals surface area contributed by atoms with E-state index in [2.05, 4.69) is 224 Å². The van der Waals surface area contributed by atoms with Crippen LogP contribution in [-0.4, -0.2) is 9.13 Å². The number of hydrogen-bond donors (Lipinski definition) is 0. The Kier molecular flexibility index (Phi) is 9.83. The molecule has 0 N–H and O–H groups in total. The highest BCUT2D eigenvalue weighted by Gasteiger charge is 2.21. The van der Waals surface area contributed by atoms with Gasteiger partial charge < -0.3 is 18.9 Å². The van der Waals surface area contributed by atoms with Crippen LogP contribution in [0.15, 0.2) is 243 Å². The fourth-order valence-corrected chi connectivity index (χ4v) is 9.94. The predicted molar refractivity (Wildman–Crippen MR) is 281 cm³/mol.